The van der Waals surface area contributed by atoms with Gasteiger partial charge in [0.15, 0.2) is 0 Å². The smallest absolute Gasteiger partial charge is 0.304 e. The number of aromatic nitrogens is 4. The van der Waals surface area contributed by atoms with E-state index in [1.54, 1.807) is 35.9 Å². The van der Waals surface area contributed by atoms with E-state index in [1.807, 2.05) is 19.1 Å². The molecule has 0 amide bonds. The summed E-state index contributed by atoms with van der Waals surface area (Å²) in [6, 6.07) is 13.5. The van der Waals surface area contributed by atoms with Crippen molar-refractivity contribution in [3.8, 4) is 5.75 Å². The number of rotatable bonds is 9. The van der Waals surface area contributed by atoms with Crippen LogP contribution in [0.2, 0.25) is 0 Å². The number of hydrogen-bond acceptors (Lipinski definition) is 8. The Morgan fingerprint density at radius 1 is 1.23 bits per heavy atom. The largest absolute Gasteiger partial charge is 0.487 e. The highest BCUT2D eigenvalue weighted by molar-refractivity contribution is 7.17. The van der Waals surface area contributed by atoms with Crippen molar-refractivity contribution >= 4 is 38.4 Å². The molecule has 0 saturated heterocycles. The minimum absolute atomic E-state index is 0.0249. The maximum absolute atomic E-state index is 12.3. The first-order valence-electron chi connectivity index (χ1n) is 14.9. The zero-order valence-electron chi connectivity index (χ0n) is 25.3. The fraction of sp³-hybridized carbons (Fsp3) is 0.394. The Kier molecular flexibility index (Phi) is 8.04. The Bertz CT molecular complexity index is 1900. The molecule has 3 aromatic heterocycles. The van der Waals surface area contributed by atoms with Gasteiger partial charge >= 0.3 is 5.97 Å². The number of aliphatic hydroxyl groups is 1. The number of fused-ring (bicyclic) bond motifs is 3. The van der Waals surface area contributed by atoms with Crippen molar-refractivity contribution < 1.29 is 19.7 Å². The zero-order valence-corrected chi connectivity index (χ0v) is 26.1. The summed E-state index contributed by atoms with van der Waals surface area (Å²) in [5, 5.41) is 32.2. The first kappa shape index (κ1) is 30.0. The molecule has 0 saturated carbocycles. The van der Waals surface area contributed by atoms with Gasteiger partial charge in [0.05, 0.1) is 29.8 Å². The second kappa shape index (κ2) is 11.8. The number of ether oxygens (including phenoxy) is 1. The number of H-pyrrole nitrogens is 1. The number of pyridine rings is 1. The number of benzene rings is 2. The molecule has 0 aliphatic carbocycles. The van der Waals surface area contributed by atoms with Gasteiger partial charge in [-0.25, -0.2) is 4.68 Å². The summed E-state index contributed by atoms with van der Waals surface area (Å²) in [4.78, 5) is 29.6. The molecule has 0 unspecified atom stereocenters. The van der Waals surface area contributed by atoms with E-state index in [9.17, 15) is 19.8 Å². The van der Waals surface area contributed by atoms with Crippen LogP contribution in [0.5, 0.6) is 5.75 Å². The van der Waals surface area contributed by atoms with Crippen LogP contribution >= 0.6 is 11.3 Å². The highest BCUT2D eigenvalue weighted by Crippen LogP contribution is 2.38. The summed E-state index contributed by atoms with van der Waals surface area (Å²) < 4.78 is 9.09. The summed E-state index contributed by atoms with van der Waals surface area (Å²) in [6.45, 7) is 9.63. The van der Waals surface area contributed by atoms with E-state index >= 15 is 0 Å². The highest BCUT2D eigenvalue weighted by atomic mass is 32.1. The zero-order chi connectivity index (χ0) is 31.2. The highest BCUT2D eigenvalue weighted by Gasteiger charge is 2.27. The molecule has 6 rings (SSSR count). The second-order valence-corrected chi connectivity index (χ2v) is 13.3. The van der Waals surface area contributed by atoms with Crippen LogP contribution in [0.3, 0.4) is 0 Å². The Balaban J connectivity index is 1.40. The van der Waals surface area contributed by atoms with Crippen molar-refractivity contribution in [2.24, 2.45) is 0 Å². The molecule has 3 N–H and O–H groups in total. The quantitative estimate of drug-likeness (QED) is 0.206. The minimum Gasteiger partial charge on any atom is -0.487 e. The first-order chi connectivity index (χ1) is 21.0. The molecule has 44 heavy (non-hydrogen) atoms. The molecule has 2 aromatic carbocycles. The molecule has 11 heteroatoms. The minimum atomic E-state index is -0.959. The van der Waals surface area contributed by atoms with Gasteiger partial charge in [-0.1, -0.05) is 24.3 Å². The average molecular weight is 616 g/mol. The predicted octanol–water partition coefficient (Wildman–Crippen LogP) is 5.19. The molecule has 230 valence electrons. The fourth-order valence-electron chi connectivity index (χ4n) is 6.22. The Labute approximate surface area is 258 Å². The van der Waals surface area contributed by atoms with Gasteiger partial charge in [-0.2, -0.15) is 0 Å². The second-order valence-electron chi connectivity index (χ2n) is 12.4. The van der Waals surface area contributed by atoms with E-state index in [0.29, 0.717) is 30.9 Å². The number of hydrogen-bond donors (Lipinski definition) is 3. The lowest BCUT2D eigenvalue weighted by molar-refractivity contribution is -0.137. The molecule has 0 bridgehead atoms. The van der Waals surface area contributed by atoms with Gasteiger partial charge < -0.3 is 19.9 Å². The number of aryl methyl sites for hydroxylation is 1. The van der Waals surface area contributed by atoms with Gasteiger partial charge in [-0.05, 0) is 84.5 Å². The maximum atomic E-state index is 12.3. The molecule has 4 heterocycles. The van der Waals surface area contributed by atoms with E-state index in [4.69, 9.17) is 4.74 Å². The molecule has 1 aliphatic heterocycles. The van der Waals surface area contributed by atoms with Gasteiger partial charge in [0.2, 0.25) is 5.56 Å². The number of nitrogens with zero attached hydrogens (tertiary/aromatic N) is 4. The van der Waals surface area contributed by atoms with Crippen LogP contribution in [0.1, 0.15) is 67.5 Å². The Morgan fingerprint density at radius 2 is 2.05 bits per heavy atom. The summed E-state index contributed by atoms with van der Waals surface area (Å²) in [7, 11) is 0. The first-order valence-corrected chi connectivity index (χ1v) is 15.7. The lowest BCUT2D eigenvalue weighted by Crippen LogP contribution is -2.32. The van der Waals surface area contributed by atoms with Crippen LogP contribution in [-0.2, 0) is 24.4 Å². The van der Waals surface area contributed by atoms with Crippen LogP contribution in [0, 0.1) is 6.92 Å². The number of aliphatic carboxylic acids is 1. The maximum Gasteiger partial charge on any atom is 0.304 e. The van der Waals surface area contributed by atoms with Gasteiger partial charge in [0.1, 0.15) is 17.4 Å². The fourth-order valence-corrected chi connectivity index (χ4v) is 7.11. The lowest BCUT2D eigenvalue weighted by Gasteiger charge is -2.25. The van der Waals surface area contributed by atoms with Crippen molar-refractivity contribution in [2.75, 3.05) is 6.54 Å². The monoisotopic (exact) mass is 615 g/mol. The molecule has 0 radical (unpaired) electrons. The number of thiophene rings is 1. The van der Waals surface area contributed by atoms with Crippen molar-refractivity contribution in [1.82, 2.24) is 24.9 Å². The molecular formula is C33H37N5O5S. The average Bonchev–Trinajstić information content (AvgIpc) is 3.55. The van der Waals surface area contributed by atoms with Crippen molar-refractivity contribution in [3.05, 3.63) is 86.1 Å². The Hall–Kier alpha value is -4.06. The molecule has 5 aromatic rings. The number of carbonyl (C=O) groups is 1. The van der Waals surface area contributed by atoms with Crippen molar-refractivity contribution in [3.63, 3.8) is 0 Å². The van der Waals surface area contributed by atoms with Crippen LogP contribution in [-0.4, -0.2) is 59.3 Å². The number of nitrogens with one attached hydrogen (secondary N) is 1. The van der Waals surface area contributed by atoms with Gasteiger partial charge in [-0.15, -0.1) is 16.4 Å². The van der Waals surface area contributed by atoms with Crippen LogP contribution in [0.4, 0.5) is 0 Å². The molecule has 0 spiro atoms. The van der Waals surface area contributed by atoms with Gasteiger partial charge in [0.25, 0.3) is 0 Å². The third-order valence-corrected chi connectivity index (χ3v) is 9.28. The van der Waals surface area contributed by atoms with E-state index < -0.39 is 17.5 Å². The number of aromatic amines is 1. The Morgan fingerprint density at radius 3 is 2.80 bits per heavy atom. The summed E-state index contributed by atoms with van der Waals surface area (Å²) in [6.07, 6.45) is 0.721. The van der Waals surface area contributed by atoms with E-state index in [0.717, 1.165) is 50.0 Å². The van der Waals surface area contributed by atoms with Crippen LogP contribution in [0.15, 0.2) is 52.6 Å². The van der Waals surface area contributed by atoms with Crippen molar-refractivity contribution in [2.45, 2.75) is 77.8 Å². The lowest BCUT2D eigenvalue weighted by atomic mass is 9.84. The molecule has 10 nitrogen and oxygen atoms in total. The van der Waals surface area contributed by atoms with E-state index in [1.165, 1.54) is 6.07 Å². The number of carboxylic acids is 1. The van der Waals surface area contributed by atoms with Crippen LogP contribution < -0.4 is 10.3 Å². The molecule has 2 atom stereocenters. The normalized spacial score (nSPS) is 16.5. The van der Waals surface area contributed by atoms with E-state index in [2.05, 4.69) is 50.7 Å². The van der Waals surface area contributed by atoms with Crippen molar-refractivity contribution in [1.29, 1.82) is 0 Å². The summed E-state index contributed by atoms with van der Waals surface area (Å²) >= 11 is 1.67. The third kappa shape index (κ3) is 6.12. The third-order valence-electron chi connectivity index (χ3n) is 8.27. The summed E-state index contributed by atoms with van der Waals surface area (Å²) in [5.74, 6) is -0.587. The van der Waals surface area contributed by atoms with Gasteiger partial charge in [0, 0.05) is 36.3 Å². The summed E-state index contributed by atoms with van der Waals surface area (Å²) in [5.41, 5.74) is 4.92. The predicted molar refractivity (Wildman–Crippen MR) is 170 cm³/mol. The van der Waals surface area contributed by atoms with Gasteiger partial charge in [-0.3, -0.25) is 14.5 Å². The molecule has 0 fully saturated rings. The molecule has 1 aliphatic rings. The SMILES string of the molecule is CC[C@@H]1CN(Cc2cc([C@H](CC(=O)O)c3ccc4c(nnn4CC(C)(C)O)c3C)cc3ccsc23)Cc2[nH]c(=O)ccc2O1. The standard InChI is InChI=1S/C33H37N5O5S/c1-5-23-16-37(17-26-28(43-23)8-9-29(39)34-26)15-22-13-21(12-20-10-11-44-32(20)22)25(14-30(40)41)24-6-7-27-31(19(24)2)35-36-38(27)18-33(3,4)42/h6-13,23,25,42H,5,14-18H2,1-4H3,(H,34,39)(H,40,41)/t23-,25+/m1/s1. The topological polar surface area (TPSA) is 134 Å². The molecular weight excluding hydrogens is 578 g/mol. The van der Waals surface area contributed by atoms with Crippen LogP contribution in [0.25, 0.3) is 21.1 Å². The van der Waals surface area contributed by atoms with E-state index in [-0.39, 0.29) is 24.6 Å². The number of carboxylic acid groups (broad SMARTS) is 1.